The molecule has 244 valence electrons. The highest BCUT2D eigenvalue weighted by Gasteiger charge is 2.17. The first-order valence-corrected chi connectivity index (χ1v) is 17.7. The van der Waals surface area contributed by atoms with Gasteiger partial charge in [0.25, 0.3) is 0 Å². The molecule has 1 atom stereocenters. The molecule has 1 aromatic rings. The van der Waals surface area contributed by atoms with Crippen molar-refractivity contribution in [2.45, 2.75) is 155 Å². The first-order valence-electron chi connectivity index (χ1n) is 17.7. The second-order valence-corrected chi connectivity index (χ2v) is 12.2. The van der Waals surface area contributed by atoms with Gasteiger partial charge in [0.15, 0.2) is 0 Å². The van der Waals surface area contributed by atoms with Crippen LogP contribution in [-0.2, 0) is 25.6 Å². The summed E-state index contributed by atoms with van der Waals surface area (Å²) in [5.41, 5.74) is 1.18. The number of carbonyl (C=O) groups excluding carboxylic acids is 1. The predicted molar refractivity (Wildman–Crippen MR) is 178 cm³/mol. The predicted octanol–water partition coefficient (Wildman–Crippen LogP) is 9.91. The van der Waals surface area contributed by atoms with Crippen LogP contribution in [-0.4, -0.2) is 56.9 Å². The van der Waals surface area contributed by atoms with Crippen molar-refractivity contribution in [2.75, 3.05) is 40.0 Å². The summed E-state index contributed by atoms with van der Waals surface area (Å²) in [7, 11) is 2.06. The van der Waals surface area contributed by atoms with E-state index in [9.17, 15) is 4.79 Å². The van der Waals surface area contributed by atoms with Crippen molar-refractivity contribution in [3.63, 3.8) is 0 Å². The normalized spacial score (nSPS) is 12.2. The lowest BCUT2D eigenvalue weighted by atomic mass is 10.1. The molecule has 1 rings (SSSR count). The number of carbonyl (C=O) groups is 1. The Bertz CT molecular complexity index is 698. The molecule has 0 saturated carbocycles. The van der Waals surface area contributed by atoms with E-state index in [1.54, 1.807) is 0 Å². The van der Waals surface area contributed by atoms with Crippen molar-refractivity contribution in [1.29, 1.82) is 0 Å². The van der Waals surface area contributed by atoms with Gasteiger partial charge >= 0.3 is 5.97 Å². The first-order chi connectivity index (χ1) is 20.7. The van der Waals surface area contributed by atoms with Crippen LogP contribution in [0.5, 0.6) is 0 Å². The van der Waals surface area contributed by atoms with Gasteiger partial charge in [-0.1, -0.05) is 153 Å². The van der Waals surface area contributed by atoms with Crippen molar-refractivity contribution in [3.8, 4) is 0 Å². The Morgan fingerprint density at radius 1 is 0.667 bits per heavy atom. The summed E-state index contributed by atoms with van der Waals surface area (Å²) in [6, 6.07) is 10.3. The van der Waals surface area contributed by atoms with Gasteiger partial charge in [-0.25, -0.2) is 0 Å². The largest absolute Gasteiger partial charge is 0.459 e. The maximum Gasteiger partial charge on any atom is 0.306 e. The highest BCUT2D eigenvalue weighted by atomic mass is 16.6. The third-order valence-electron chi connectivity index (χ3n) is 7.97. The first kappa shape index (κ1) is 38.6. The second-order valence-electron chi connectivity index (χ2n) is 12.2. The molecular formula is C37H67NO4. The molecule has 0 aliphatic heterocycles. The van der Waals surface area contributed by atoms with Crippen LogP contribution in [0.3, 0.4) is 0 Å². The molecule has 0 spiro atoms. The van der Waals surface area contributed by atoms with Crippen LogP contribution in [0.1, 0.15) is 148 Å². The van der Waals surface area contributed by atoms with Crippen molar-refractivity contribution in [3.05, 3.63) is 35.9 Å². The molecule has 0 saturated heterocycles. The minimum absolute atomic E-state index is 0.0841. The monoisotopic (exact) mass is 590 g/mol. The summed E-state index contributed by atoms with van der Waals surface area (Å²) in [6.07, 6.45) is 24.6. The number of hydrogen-bond acceptors (Lipinski definition) is 5. The molecule has 0 aliphatic carbocycles. The molecule has 0 fully saturated rings. The Labute approximate surface area is 260 Å². The van der Waals surface area contributed by atoms with Gasteiger partial charge in [0.2, 0.25) is 0 Å². The molecule has 1 unspecified atom stereocenters. The molecule has 42 heavy (non-hydrogen) atoms. The molecule has 0 aromatic heterocycles. The number of hydrogen-bond donors (Lipinski definition) is 0. The van der Waals surface area contributed by atoms with Gasteiger partial charge in [0.1, 0.15) is 6.10 Å². The summed E-state index contributed by atoms with van der Waals surface area (Å²) in [5.74, 6) is -0.0841. The summed E-state index contributed by atoms with van der Waals surface area (Å²) in [4.78, 5) is 14.8. The van der Waals surface area contributed by atoms with Gasteiger partial charge in [0.05, 0.1) is 19.8 Å². The Balaban J connectivity index is 2.26. The van der Waals surface area contributed by atoms with E-state index < -0.39 is 0 Å². The fourth-order valence-electron chi connectivity index (χ4n) is 5.28. The number of likely N-dealkylation sites (N-methyl/N-ethyl adjacent to an activating group) is 1. The summed E-state index contributed by atoms with van der Waals surface area (Å²) < 4.78 is 17.8. The Morgan fingerprint density at radius 3 is 1.76 bits per heavy atom. The molecule has 0 N–H and O–H groups in total. The molecule has 5 heteroatoms. The standard InChI is InChI=1S/C37H67NO4/c1-4-6-8-10-12-14-16-18-20-25-30-40-34-36(32-38(3)29-31-41-33-35-26-22-21-23-27-35)42-37(39)28-24-19-17-15-13-11-9-7-5-2/h21-23,26-27,36H,4-20,24-25,28-34H2,1-3H3. The molecule has 5 nitrogen and oxygen atoms in total. The van der Waals surface area contributed by atoms with E-state index in [1.165, 1.54) is 108 Å². The topological polar surface area (TPSA) is 48.0 Å². The van der Waals surface area contributed by atoms with Gasteiger partial charge in [-0.3, -0.25) is 4.79 Å². The van der Waals surface area contributed by atoms with Crippen LogP contribution < -0.4 is 0 Å². The van der Waals surface area contributed by atoms with Crippen LogP contribution in [0.25, 0.3) is 0 Å². The lowest BCUT2D eigenvalue weighted by Crippen LogP contribution is -2.37. The molecule has 0 bridgehead atoms. The zero-order valence-electron chi connectivity index (χ0n) is 27.9. The van der Waals surface area contributed by atoms with Crippen molar-refractivity contribution < 1.29 is 19.0 Å². The van der Waals surface area contributed by atoms with Gasteiger partial charge in [-0.05, 0) is 25.5 Å². The summed E-state index contributed by atoms with van der Waals surface area (Å²) in [6.45, 7) is 8.46. The smallest absolute Gasteiger partial charge is 0.306 e. The fourth-order valence-corrected chi connectivity index (χ4v) is 5.28. The fraction of sp³-hybridized carbons (Fsp3) is 0.811. The average Bonchev–Trinajstić information content (AvgIpc) is 2.99. The highest BCUT2D eigenvalue weighted by Crippen LogP contribution is 2.13. The van der Waals surface area contributed by atoms with E-state index in [0.717, 1.165) is 32.4 Å². The number of unbranched alkanes of at least 4 members (excludes halogenated alkanes) is 17. The molecule has 1 aromatic carbocycles. The average molecular weight is 590 g/mol. The Morgan fingerprint density at radius 2 is 1.19 bits per heavy atom. The summed E-state index contributed by atoms with van der Waals surface area (Å²) in [5, 5.41) is 0. The van der Waals surface area contributed by atoms with E-state index in [2.05, 4.69) is 37.9 Å². The number of esters is 1. The second kappa shape index (κ2) is 29.6. The van der Waals surface area contributed by atoms with Gasteiger partial charge < -0.3 is 19.1 Å². The van der Waals surface area contributed by atoms with Gasteiger partial charge in [-0.15, -0.1) is 0 Å². The maximum absolute atomic E-state index is 12.7. The lowest BCUT2D eigenvalue weighted by Gasteiger charge is -2.24. The number of benzene rings is 1. The van der Waals surface area contributed by atoms with Crippen LogP contribution in [0.2, 0.25) is 0 Å². The molecule has 0 amide bonds. The van der Waals surface area contributed by atoms with E-state index >= 15 is 0 Å². The van der Waals surface area contributed by atoms with Crippen molar-refractivity contribution in [1.82, 2.24) is 4.90 Å². The van der Waals surface area contributed by atoms with E-state index in [-0.39, 0.29) is 12.1 Å². The molecule has 0 radical (unpaired) electrons. The number of nitrogens with zero attached hydrogens (tertiary/aromatic N) is 1. The Hall–Kier alpha value is -1.43. The maximum atomic E-state index is 12.7. The van der Waals surface area contributed by atoms with E-state index in [1.807, 2.05) is 18.2 Å². The number of rotatable bonds is 31. The van der Waals surface area contributed by atoms with Crippen molar-refractivity contribution >= 4 is 5.97 Å². The quantitative estimate of drug-likeness (QED) is 0.0637. The van der Waals surface area contributed by atoms with E-state index in [0.29, 0.717) is 32.8 Å². The van der Waals surface area contributed by atoms with Crippen molar-refractivity contribution in [2.24, 2.45) is 0 Å². The highest BCUT2D eigenvalue weighted by molar-refractivity contribution is 5.69. The van der Waals surface area contributed by atoms with Crippen LogP contribution in [0, 0.1) is 0 Å². The zero-order chi connectivity index (χ0) is 30.4. The lowest BCUT2D eigenvalue weighted by molar-refractivity contribution is -0.153. The Kier molecular flexibility index (Phi) is 27.2. The van der Waals surface area contributed by atoms with Crippen LogP contribution in [0.15, 0.2) is 30.3 Å². The van der Waals surface area contributed by atoms with E-state index in [4.69, 9.17) is 14.2 Å². The zero-order valence-corrected chi connectivity index (χ0v) is 27.9. The SMILES string of the molecule is CCCCCCCCCCCCOCC(CN(C)CCOCc1ccccc1)OC(=O)CCCCCCCCCCC. The van der Waals surface area contributed by atoms with Crippen LogP contribution >= 0.6 is 0 Å². The molecular weight excluding hydrogens is 522 g/mol. The third-order valence-corrected chi connectivity index (χ3v) is 7.97. The molecule has 0 heterocycles. The van der Waals surface area contributed by atoms with Gasteiger partial charge in [-0.2, -0.15) is 0 Å². The summed E-state index contributed by atoms with van der Waals surface area (Å²) >= 11 is 0. The minimum atomic E-state index is -0.238. The third kappa shape index (κ3) is 25.1. The number of ether oxygens (including phenoxy) is 3. The molecule has 0 aliphatic rings. The van der Waals surface area contributed by atoms with Gasteiger partial charge in [0, 0.05) is 26.1 Å². The minimum Gasteiger partial charge on any atom is -0.459 e. The van der Waals surface area contributed by atoms with Crippen LogP contribution in [0.4, 0.5) is 0 Å².